The largest absolute Gasteiger partial charge is 0.393 e. The van der Waals surface area contributed by atoms with E-state index >= 15 is 0 Å². The van der Waals surface area contributed by atoms with Crippen molar-refractivity contribution in [2.45, 2.75) is 57.8 Å². The third-order valence-corrected chi connectivity index (χ3v) is 2.10. The number of unbranched alkanes of at least 4 members (excludes halogenated alkanes) is 1. The summed E-state index contributed by atoms with van der Waals surface area (Å²) in [6.07, 6.45) is 5.10. The first kappa shape index (κ1) is 9.01. The number of ether oxygens (including phenoxy) is 1. The van der Waals surface area contributed by atoms with Crippen LogP contribution in [0.15, 0.2) is 0 Å². The van der Waals surface area contributed by atoms with Crippen LogP contribution in [0.4, 0.5) is 0 Å². The zero-order valence-electron chi connectivity index (χ0n) is 7.42. The van der Waals surface area contributed by atoms with E-state index in [0.717, 1.165) is 6.42 Å². The number of hydrogen-bond acceptors (Lipinski definition) is 2. The molecule has 0 aromatic carbocycles. The molecule has 3 unspecified atom stereocenters. The van der Waals surface area contributed by atoms with Crippen LogP contribution >= 0.6 is 0 Å². The summed E-state index contributed by atoms with van der Waals surface area (Å²) >= 11 is 0. The molecule has 1 N–H and O–H groups in total. The summed E-state index contributed by atoms with van der Waals surface area (Å²) in [6.45, 7) is 4.00. The Balaban J connectivity index is 1.98. The molecule has 1 saturated heterocycles. The van der Waals surface area contributed by atoms with Crippen molar-refractivity contribution < 1.29 is 9.84 Å². The predicted octanol–water partition coefficient (Wildman–Crippen LogP) is 1.71. The van der Waals surface area contributed by atoms with E-state index in [2.05, 4.69) is 6.92 Å². The van der Waals surface area contributed by atoms with Gasteiger partial charge in [0.05, 0.1) is 18.3 Å². The number of hydrogen-bond donors (Lipinski definition) is 1. The van der Waals surface area contributed by atoms with Gasteiger partial charge in [-0.15, -0.1) is 0 Å². The van der Waals surface area contributed by atoms with E-state index in [0.29, 0.717) is 12.2 Å². The normalized spacial score (nSPS) is 31.9. The van der Waals surface area contributed by atoms with Crippen LogP contribution in [-0.2, 0) is 4.74 Å². The first-order valence-electron chi connectivity index (χ1n) is 4.57. The van der Waals surface area contributed by atoms with Crippen LogP contribution in [-0.4, -0.2) is 23.4 Å². The second-order valence-corrected chi connectivity index (χ2v) is 3.44. The van der Waals surface area contributed by atoms with Crippen molar-refractivity contribution in [2.75, 3.05) is 0 Å². The fraction of sp³-hybridized carbons (Fsp3) is 1.00. The average molecular weight is 158 g/mol. The molecule has 0 aromatic heterocycles. The molecule has 0 spiro atoms. The summed E-state index contributed by atoms with van der Waals surface area (Å²) in [7, 11) is 0. The molecule has 1 aliphatic rings. The van der Waals surface area contributed by atoms with Crippen molar-refractivity contribution in [3.05, 3.63) is 0 Å². The molecule has 11 heavy (non-hydrogen) atoms. The fourth-order valence-corrected chi connectivity index (χ4v) is 1.38. The standard InChI is InChI=1S/C9H18O2/c1-3-4-5-8-9(11-8)6-7(2)10/h7-10H,3-6H2,1-2H3. The molecule has 0 amide bonds. The van der Waals surface area contributed by atoms with Crippen LogP contribution in [0, 0.1) is 0 Å². The molecular formula is C9H18O2. The first-order chi connectivity index (χ1) is 5.24. The van der Waals surface area contributed by atoms with Crippen LogP contribution in [0.25, 0.3) is 0 Å². The molecule has 0 saturated carbocycles. The Morgan fingerprint density at radius 1 is 1.45 bits per heavy atom. The highest BCUT2D eigenvalue weighted by Gasteiger charge is 2.38. The summed E-state index contributed by atoms with van der Waals surface area (Å²) in [5.41, 5.74) is 0. The molecule has 1 heterocycles. The fourth-order valence-electron chi connectivity index (χ4n) is 1.38. The predicted molar refractivity (Wildman–Crippen MR) is 44.5 cm³/mol. The van der Waals surface area contributed by atoms with Gasteiger partial charge in [-0.05, 0) is 13.3 Å². The lowest BCUT2D eigenvalue weighted by Crippen LogP contribution is -2.06. The third-order valence-electron chi connectivity index (χ3n) is 2.10. The minimum Gasteiger partial charge on any atom is -0.393 e. The van der Waals surface area contributed by atoms with Gasteiger partial charge in [0.25, 0.3) is 0 Å². The van der Waals surface area contributed by atoms with E-state index in [4.69, 9.17) is 9.84 Å². The van der Waals surface area contributed by atoms with Gasteiger partial charge < -0.3 is 9.84 Å². The molecular weight excluding hydrogens is 140 g/mol. The lowest BCUT2D eigenvalue weighted by Gasteiger charge is -1.98. The summed E-state index contributed by atoms with van der Waals surface area (Å²) < 4.78 is 5.37. The van der Waals surface area contributed by atoms with Crippen LogP contribution in [0.5, 0.6) is 0 Å². The van der Waals surface area contributed by atoms with E-state index in [1.165, 1.54) is 19.3 Å². The molecule has 1 aliphatic heterocycles. The Kier molecular flexibility index (Phi) is 3.34. The zero-order valence-corrected chi connectivity index (χ0v) is 7.42. The van der Waals surface area contributed by atoms with Crippen LogP contribution in [0.3, 0.4) is 0 Å². The SMILES string of the molecule is CCCCC1OC1CC(C)O. The molecule has 3 atom stereocenters. The third kappa shape index (κ3) is 3.21. The molecule has 0 aliphatic carbocycles. The highest BCUT2D eigenvalue weighted by atomic mass is 16.6. The molecule has 2 nitrogen and oxygen atoms in total. The van der Waals surface area contributed by atoms with E-state index < -0.39 is 0 Å². The van der Waals surface area contributed by atoms with E-state index in [9.17, 15) is 0 Å². The van der Waals surface area contributed by atoms with Gasteiger partial charge in [0, 0.05) is 6.42 Å². The Labute approximate surface area is 68.6 Å². The molecule has 0 bridgehead atoms. The zero-order chi connectivity index (χ0) is 8.27. The summed E-state index contributed by atoms with van der Waals surface area (Å²) in [5, 5.41) is 9.03. The van der Waals surface area contributed by atoms with Gasteiger partial charge in [-0.2, -0.15) is 0 Å². The van der Waals surface area contributed by atoms with Gasteiger partial charge >= 0.3 is 0 Å². The van der Waals surface area contributed by atoms with Gasteiger partial charge in [-0.3, -0.25) is 0 Å². The topological polar surface area (TPSA) is 32.8 Å². The summed E-state index contributed by atoms with van der Waals surface area (Å²) in [4.78, 5) is 0. The minimum atomic E-state index is -0.202. The van der Waals surface area contributed by atoms with Crippen LogP contribution in [0.2, 0.25) is 0 Å². The lowest BCUT2D eigenvalue weighted by atomic mass is 10.1. The molecule has 0 radical (unpaired) electrons. The summed E-state index contributed by atoms with van der Waals surface area (Å²) in [6, 6.07) is 0. The number of rotatable bonds is 5. The summed E-state index contributed by atoms with van der Waals surface area (Å²) in [5.74, 6) is 0. The van der Waals surface area contributed by atoms with Gasteiger partial charge in [0.1, 0.15) is 0 Å². The van der Waals surface area contributed by atoms with Gasteiger partial charge in [0.15, 0.2) is 0 Å². The van der Waals surface area contributed by atoms with Crippen LogP contribution in [0.1, 0.15) is 39.5 Å². The Morgan fingerprint density at radius 2 is 2.18 bits per heavy atom. The van der Waals surface area contributed by atoms with Crippen molar-refractivity contribution in [2.24, 2.45) is 0 Å². The van der Waals surface area contributed by atoms with Crippen LogP contribution < -0.4 is 0 Å². The van der Waals surface area contributed by atoms with Gasteiger partial charge in [0.2, 0.25) is 0 Å². The number of aliphatic hydroxyl groups is 1. The molecule has 2 heteroatoms. The maximum absolute atomic E-state index is 9.03. The molecule has 0 aromatic rings. The maximum Gasteiger partial charge on any atom is 0.0866 e. The minimum absolute atomic E-state index is 0.202. The van der Waals surface area contributed by atoms with Crippen molar-refractivity contribution in [3.8, 4) is 0 Å². The van der Waals surface area contributed by atoms with Crippen molar-refractivity contribution in [1.82, 2.24) is 0 Å². The number of epoxide rings is 1. The van der Waals surface area contributed by atoms with Crippen molar-refractivity contribution >= 4 is 0 Å². The second-order valence-electron chi connectivity index (χ2n) is 3.44. The van der Waals surface area contributed by atoms with E-state index in [1.54, 1.807) is 0 Å². The smallest absolute Gasteiger partial charge is 0.0866 e. The number of aliphatic hydroxyl groups excluding tert-OH is 1. The lowest BCUT2D eigenvalue weighted by molar-refractivity contribution is 0.170. The van der Waals surface area contributed by atoms with Crippen molar-refractivity contribution in [3.63, 3.8) is 0 Å². The highest BCUT2D eigenvalue weighted by Crippen LogP contribution is 2.30. The van der Waals surface area contributed by atoms with Crippen molar-refractivity contribution in [1.29, 1.82) is 0 Å². The average Bonchev–Trinajstić information content (AvgIpc) is 2.62. The maximum atomic E-state index is 9.03. The highest BCUT2D eigenvalue weighted by molar-refractivity contribution is 4.85. The molecule has 66 valence electrons. The Hall–Kier alpha value is -0.0800. The Morgan fingerprint density at radius 3 is 2.73 bits per heavy atom. The van der Waals surface area contributed by atoms with E-state index in [-0.39, 0.29) is 6.10 Å². The van der Waals surface area contributed by atoms with Gasteiger partial charge in [-0.1, -0.05) is 19.8 Å². The first-order valence-corrected chi connectivity index (χ1v) is 4.57. The van der Waals surface area contributed by atoms with Gasteiger partial charge in [-0.25, -0.2) is 0 Å². The quantitative estimate of drug-likeness (QED) is 0.618. The Bertz CT molecular complexity index is 112. The molecule has 1 rings (SSSR count). The molecule has 1 fully saturated rings. The second kappa shape index (κ2) is 4.07. The monoisotopic (exact) mass is 158 g/mol. The van der Waals surface area contributed by atoms with E-state index in [1.807, 2.05) is 6.92 Å².